The third-order valence-corrected chi connectivity index (χ3v) is 8.92. The summed E-state index contributed by atoms with van der Waals surface area (Å²) < 4.78 is 0. The third-order valence-electron chi connectivity index (χ3n) is 8.92. The molecule has 1 saturated heterocycles. The van der Waals surface area contributed by atoms with Gasteiger partial charge in [-0.05, 0) is 51.8 Å². The highest BCUT2D eigenvalue weighted by atomic mass is 16.3. The SMILES string of the molecule is OC(C1c2ccccc2-c2ccccc21)[C@@H]1CCCN1C(c1ccccc1)(c1ccccc1)c1ccccc1. The highest BCUT2D eigenvalue weighted by molar-refractivity contribution is 5.79. The Kier molecular flexibility index (Phi) is 6.15. The lowest BCUT2D eigenvalue weighted by molar-refractivity contribution is 0.0252. The Morgan fingerprint density at radius 3 is 1.44 bits per heavy atom. The molecule has 2 nitrogen and oxygen atoms in total. The van der Waals surface area contributed by atoms with Crippen LogP contribution in [-0.4, -0.2) is 28.7 Å². The van der Waals surface area contributed by atoms with Gasteiger partial charge in [-0.1, -0.05) is 140 Å². The van der Waals surface area contributed by atoms with Crippen LogP contribution >= 0.6 is 0 Å². The molecule has 2 aliphatic rings. The highest BCUT2D eigenvalue weighted by Crippen LogP contribution is 2.51. The minimum Gasteiger partial charge on any atom is -0.391 e. The number of nitrogens with zero attached hydrogens (tertiary/aromatic N) is 1. The largest absolute Gasteiger partial charge is 0.391 e. The van der Waals surface area contributed by atoms with E-state index >= 15 is 0 Å². The Morgan fingerprint density at radius 1 is 0.564 bits per heavy atom. The molecule has 39 heavy (non-hydrogen) atoms. The van der Waals surface area contributed by atoms with Crippen molar-refractivity contribution in [2.24, 2.45) is 0 Å². The molecule has 1 unspecified atom stereocenters. The summed E-state index contributed by atoms with van der Waals surface area (Å²) in [5.41, 5.74) is 8.15. The Balaban J connectivity index is 1.42. The van der Waals surface area contributed by atoms with Gasteiger partial charge >= 0.3 is 0 Å². The number of rotatable bonds is 6. The molecular formula is C37H33NO. The van der Waals surface area contributed by atoms with Crippen LogP contribution in [0.4, 0.5) is 0 Å². The molecule has 5 aromatic rings. The van der Waals surface area contributed by atoms with Crippen LogP contribution in [0, 0.1) is 0 Å². The van der Waals surface area contributed by atoms with Gasteiger partial charge in [0, 0.05) is 18.5 Å². The molecule has 192 valence electrons. The number of benzene rings is 5. The summed E-state index contributed by atoms with van der Waals surface area (Å²) in [7, 11) is 0. The summed E-state index contributed by atoms with van der Waals surface area (Å²) in [6, 6.07) is 49.9. The number of aliphatic hydroxyl groups is 1. The number of likely N-dealkylation sites (tertiary alicyclic amines) is 1. The lowest BCUT2D eigenvalue weighted by Gasteiger charge is -2.48. The fourth-order valence-electron chi connectivity index (χ4n) is 7.38. The molecular weight excluding hydrogens is 474 g/mol. The van der Waals surface area contributed by atoms with Crippen molar-refractivity contribution < 1.29 is 5.11 Å². The highest BCUT2D eigenvalue weighted by Gasteiger charge is 2.50. The van der Waals surface area contributed by atoms with E-state index in [-0.39, 0.29) is 12.0 Å². The Bertz CT molecular complexity index is 1420. The molecule has 1 N–H and O–H groups in total. The van der Waals surface area contributed by atoms with Crippen LogP contribution in [0.3, 0.4) is 0 Å². The van der Waals surface area contributed by atoms with Gasteiger partial charge in [0.25, 0.3) is 0 Å². The van der Waals surface area contributed by atoms with E-state index in [1.165, 1.54) is 38.9 Å². The third kappa shape index (κ3) is 3.78. The summed E-state index contributed by atoms with van der Waals surface area (Å²) >= 11 is 0. The normalized spacial score (nSPS) is 18.0. The van der Waals surface area contributed by atoms with Gasteiger partial charge in [-0.25, -0.2) is 0 Å². The van der Waals surface area contributed by atoms with Crippen LogP contribution < -0.4 is 0 Å². The van der Waals surface area contributed by atoms with Gasteiger partial charge < -0.3 is 5.11 Å². The molecule has 2 heteroatoms. The Hall–Kier alpha value is -3.98. The number of hydrogen-bond acceptors (Lipinski definition) is 2. The maximum Gasteiger partial charge on any atom is 0.0976 e. The maximum absolute atomic E-state index is 12.5. The van der Waals surface area contributed by atoms with Crippen LogP contribution in [0.25, 0.3) is 11.1 Å². The van der Waals surface area contributed by atoms with Gasteiger partial charge in [-0.3, -0.25) is 4.90 Å². The van der Waals surface area contributed by atoms with E-state index in [4.69, 9.17) is 0 Å². The lowest BCUT2D eigenvalue weighted by atomic mass is 9.74. The van der Waals surface area contributed by atoms with Crippen LogP contribution in [0.2, 0.25) is 0 Å². The molecule has 1 aliphatic heterocycles. The van der Waals surface area contributed by atoms with Crippen LogP contribution in [0.15, 0.2) is 140 Å². The molecule has 5 aromatic carbocycles. The van der Waals surface area contributed by atoms with Crippen molar-refractivity contribution in [1.82, 2.24) is 4.90 Å². The second-order valence-corrected chi connectivity index (χ2v) is 10.9. The van der Waals surface area contributed by atoms with Crippen LogP contribution in [0.5, 0.6) is 0 Å². The number of aliphatic hydroxyl groups excluding tert-OH is 1. The molecule has 0 radical (unpaired) electrons. The molecule has 0 amide bonds. The minimum atomic E-state index is -0.548. The van der Waals surface area contributed by atoms with Gasteiger partial charge in [0.2, 0.25) is 0 Å². The van der Waals surface area contributed by atoms with Crippen LogP contribution in [0.1, 0.15) is 46.6 Å². The first-order chi connectivity index (χ1) is 19.3. The summed E-state index contributed by atoms with van der Waals surface area (Å²) in [4.78, 5) is 2.61. The zero-order valence-electron chi connectivity index (χ0n) is 22.0. The predicted molar refractivity (Wildman–Crippen MR) is 159 cm³/mol. The second-order valence-electron chi connectivity index (χ2n) is 10.9. The lowest BCUT2D eigenvalue weighted by Crippen LogP contribution is -2.54. The van der Waals surface area contributed by atoms with Gasteiger partial charge in [0.15, 0.2) is 0 Å². The topological polar surface area (TPSA) is 23.5 Å². The van der Waals surface area contributed by atoms with Crippen molar-refractivity contribution >= 4 is 0 Å². The molecule has 0 saturated carbocycles. The number of hydrogen-bond donors (Lipinski definition) is 1. The standard InChI is InChI=1S/C37H33NO/c39-36(35-32-23-12-10-21-30(32)31-22-11-13-24-33(31)35)34-25-14-26-38(34)37(27-15-4-1-5-16-27,28-17-6-2-7-18-28)29-19-8-3-9-20-29/h1-13,15-24,34-36,39H,14,25-26H2/t34-,36?/m0/s1. The average molecular weight is 508 g/mol. The summed E-state index contributed by atoms with van der Waals surface area (Å²) in [5, 5.41) is 12.5. The number of fused-ring (bicyclic) bond motifs is 3. The van der Waals surface area contributed by atoms with E-state index in [0.717, 1.165) is 19.4 Å². The van der Waals surface area contributed by atoms with E-state index in [2.05, 4.69) is 144 Å². The monoisotopic (exact) mass is 507 g/mol. The van der Waals surface area contributed by atoms with Gasteiger partial charge in [-0.15, -0.1) is 0 Å². The van der Waals surface area contributed by atoms with Gasteiger partial charge in [0.1, 0.15) is 0 Å². The predicted octanol–water partition coefficient (Wildman–Crippen LogP) is 7.62. The maximum atomic E-state index is 12.5. The fraction of sp³-hybridized carbons (Fsp3) is 0.189. The molecule has 7 rings (SSSR count). The summed E-state index contributed by atoms with van der Waals surface area (Å²) in [6.07, 6.45) is 1.45. The van der Waals surface area contributed by atoms with E-state index < -0.39 is 11.6 Å². The smallest absolute Gasteiger partial charge is 0.0976 e. The Labute approximate surface area is 231 Å². The molecule has 1 aliphatic carbocycles. The summed E-state index contributed by atoms with van der Waals surface area (Å²) in [6.45, 7) is 0.913. The van der Waals surface area contributed by atoms with Crippen molar-refractivity contribution in [3.63, 3.8) is 0 Å². The quantitative estimate of drug-likeness (QED) is 0.239. The first-order valence-electron chi connectivity index (χ1n) is 14.1. The first-order valence-corrected chi connectivity index (χ1v) is 14.1. The van der Waals surface area contributed by atoms with Crippen molar-refractivity contribution in [1.29, 1.82) is 0 Å². The Morgan fingerprint density at radius 2 is 0.974 bits per heavy atom. The fourth-order valence-corrected chi connectivity index (χ4v) is 7.38. The van der Waals surface area contributed by atoms with Gasteiger partial charge in [0.05, 0.1) is 11.6 Å². The van der Waals surface area contributed by atoms with Crippen LogP contribution in [-0.2, 0) is 5.54 Å². The van der Waals surface area contributed by atoms with Crippen molar-refractivity contribution in [3.8, 4) is 11.1 Å². The summed E-state index contributed by atoms with van der Waals surface area (Å²) in [5.74, 6) is -0.0528. The molecule has 0 bridgehead atoms. The minimum absolute atomic E-state index is 0.0187. The molecule has 2 atom stereocenters. The average Bonchev–Trinajstić information content (AvgIpc) is 3.63. The van der Waals surface area contributed by atoms with E-state index in [1.54, 1.807) is 0 Å². The van der Waals surface area contributed by atoms with E-state index in [1.807, 2.05) is 0 Å². The van der Waals surface area contributed by atoms with E-state index in [9.17, 15) is 5.11 Å². The molecule has 0 aromatic heterocycles. The van der Waals surface area contributed by atoms with Crippen molar-refractivity contribution in [2.75, 3.05) is 6.54 Å². The molecule has 0 spiro atoms. The first kappa shape index (κ1) is 24.1. The van der Waals surface area contributed by atoms with E-state index in [0.29, 0.717) is 0 Å². The van der Waals surface area contributed by atoms with Crippen molar-refractivity contribution in [2.45, 2.75) is 36.4 Å². The second kappa shape index (κ2) is 9.96. The zero-order chi connectivity index (χ0) is 26.2. The van der Waals surface area contributed by atoms with Gasteiger partial charge in [-0.2, -0.15) is 0 Å². The van der Waals surface area contributed by atoms with Crippen molar-refractivity contribution in [3.05, 3.63) is 167 Å². The zero-order valence-corrected chi connectivity index (χ0v) is 22.0. The molecule has 1 fully saturated rings. The molecule has 1 heterocycles.